The SMILES string of the molecule is CCNC(=O)c1cc(NC(=O)c2cc(CC)nn2C)ccc1Cl. The van der Waals surface area contributed by atoms with Crippen molar-refractivity contribution >= 4 is 29.1 Å². The van der Waals surface area contributed by atoms with Crippen molar-refractivity contribution < 1.29 is 9.59 Å². The molecule has 6 nitrogen and oxygen atoms in total. The van der Waals surface area contributed by atoms with Gasteiger partial charge in [-0.1, -0.05) is 18.5 Å². The number of nitrogens with one attached hydrogen (secondary N) is 2. The van der Waals surface area contributed by atoms with Crippen molar-refractivity contribution in [3.8, 4) is 0 Å². The Hall–Kier alpha value is -2.34. The summed E-state index contributed by atoms with van der Waals surface area (Å²) >= 11 is 6.04. The van der Waals surface area contributed by atoms with E-state index in [2.05, 4.69) is 15.7 Å². The Morgan fingerprint density at radius 2 is 1.96 bits per heavy atom. The van der Waals surface area contributed by atoms with Gasteiger partial charge in [0.15, 0.2) is 0 Å². The fourth-order valence-electron chi connectivity index (χ4n) is 2.14. The van der Waals surface area contributed by atoms with E-state index in [1.807, 2.05) is 13.8 Å². The lowest BCUT2D eigenvalue weighted by Crippen LogP contribution is -2.23. The van der Waals surface area contributed by atoms with E-state index < -0.39 is 0 Å². The molecule has 1 heterocycles. The molecule has 0 bridgehead atoms. The van der Waals surface area contributed by atoms with Gasteiger partial charge in [-0.05, 0) is 37.6 Å². The Morgan fingerprint density at radius 3 is 2.57 bits per heavy atom. The molecule has 7 heteroatoms. The number of hydrogen-bond acceptors (Lipinski definition) is 3. The molecule has 0 aliphatic heterocycles. The van der Waals surface area contributed by atoms with Crippen LogP contribution in [0.15, 0.2) is 24.3 Å². The van der Waals surface area contributed by atoms with Gasteiger partial charge < -0.3 is 10.6 Å². The van der Waals surface area contributed by atoms with Gasteiger partial charge >= 0.3 is 0 Å². The van der Waals surface area contributed by atoms with Crippen molar-refractivity contribution in [2.45, 2.75) is 20.3 Å². The average Bonchev–Trinajstić information content (AvgIpc) is 2.90. The van der Waals surface area contributed by atoms with Crippen LogP contribution >= 0.6 is 11.6 Å². The number of anilines is 1. The quantitative estimate of drug-likeness (QED) is 0.882. The molecule has 2 aromatic rings. The molecule has 0 fully saturated rings. The Kier molecular flexibility index (Phi) is 5.39. The van der Waals surface area contributed by atoms with E-state index in [0.29, 0.717) is 28.5 Å². The first-order valence-electron chi connectivity index (χ1n) is 7.38. The molecule has 2 N–H and O–H groups in total. The maximum absolute atomic E-state index is 12.4. The molecule has 0 atom stereocenters. The molecule has 0 saturated carbocycles. The zero-order chi connectivity index (χ0) is 17.0. The topological polar surface area (TPSA) is 76.0 Å². The second kappa shape index (κ2) is 7.28. The third-order valence-electron chi connectivity index (χ3n) is 3.33. The lowest BCUT2D eigenvalue weighted by atomic mass is 10.1. The van der Waals surface area contributed by atoms with Gasteiger partial charge in [-0.2, -0.15) is 5.10 Å². The van der Waals surface area contributed by atoms with Crippen LogP contribution in [0.25, 0.3) is 0 Å². The van der Waals surface area contributed by atoms with Gasteiger partial charge in [-0.15, -0.1) is 0 Å². The van der Waals surface area contributed by atoms with Gasteiger partial charge in [0, 0.05) is 19.3 Å². The Balaban J connectivity index is 2.22. The van der Waals surface area contributed by atoms with Crippen molar-refractivity contribution in [3.63, 3.8) is 0 Å². The van der Waals surface area contributed by atoms with Crippen LogP contribution < -0.4 is 10.6 Å². The van der Waals surface area contributed by atoms with E-state index in [4.69, 9.17) is 11.6 Å². The molecular formula is C16H19ClN4O2. The highest BCUT2D eigenvalue weighted by Gasteiger charge is 2.15. The lowest BCUT2D eigenvalue weighted by molar-refractivity contribution is 0.0954. The van der Waals surface area contributed by atoms with Crippen LogP contribution in [0.2, 0.25) is 5.02 Å². The highest BCUT2D eigenvalue weighted by atomic mass is 35.5. The van der Waals surface area contributed by atoms with Gasteiger partial charge in [0.2, 0.25) is 0 Å². The van der Waals surface area contributed by atoms with Gasteiger partial charge in [0.25, 0.3) is 11.8 Å². The monoisotopic (exact) mass is 334 g/mol. The van der Waals surface area contributed by atoms with E-state index in [1.165, 1.54) is 4.68 Å². The van der Waals surface area contributed by atoms with Gasteiger partial charge in [-0.25, -0.2) is 0 Å². The summed E-state index contributed by atoms with van der Waals surface area (Å²) in [6.07, 6.45) is 0.753. The van der Waals surface area contributed by atoms with Crippen LogP contribution in [-0.4, -0.2) is 28.1 Å². The number of carbonyl (C=O) groups is 2. The third-order valence-corrected chi connectivity index (χ3v) is 3.66. The summed E-state index contributed by atoms with van der Waals surface area (Å²) in [5.41, 5.74) is 2.12. The molecule has 1 aromatic carbocycles. The summed E-state index contributed by atoms with van der Waals surface area (Å²) in [6.45, 7) is 4.30. The first-order chi connectivity index (χ1) is 11.0. The maximum Gasteiger partial charge on any atom is 0.273 e. The Bertz CT molecular complexity index is 740. The van der Waals surface area contributed by atoms with Crippen molar-refractivity contribution in [2.75, 3.05) is 11.9 Å². The number of aryl methyl sites for hydroxylation is 2. The van der Waals surface area contributed by atoms with Crippen LogP contribution in [-0.2, 0) is 13.5 Å². The number of nitrogens with zero attached hydrogens (tertiary/aromatic N) is 2. The zero-order valence-corrected chi connectivity index (χ0v) is 14.1. The third kappa shape index (κ3) is 3.90. The standard InChI is InChI=1S/C16H19ClN4O2/c1-4-10-9-14(21(3)20-10)16(23)19-11-6-7-13(17)12(8-11)15(22)18-5-2/h6-9H,4-5H2,1-3H3,(H,18,22)(H,19,23). The molecule has 0 spiro atoms. The van der Waals surface area contributed by atoms with Gasteiger partial charge in [0.05, 0.1) is 16.3 Å². The molecule has 1 aromatic heterocycles. The molecule has 0 saturated heterocycles. The molecule has 0 aliphatic rings. The summed E-state index contributed by atoms with van der Waals surface area (Å²) in [5.74, 6) is -0.564. The minimum atomic E-state index is -0.288. The summed E-state index contributed by atoms with van der Waals surface area (Å²) in [7, 11) is 1.72. The van der Waals surface area contributed by atoms with Crippen LogP contribution in [0.1, 0.15) is 40.4 Å². The average molecular weight is 335 g/mol. The maximum atomic E-state index is 12.4. The zero-order valence-electron chi connectivity index (χ0n) is 13.3. The predicted molar refractivity (Wildman–Crippen MR) is 90.0 cm³/mol. The predicted octanol–water partition coefficient (Wildman–Crippen LogP) is 2.64. The minimum Gasteiger partial charge on any atom is -0.352 e. The summed E-state index contributed by atoms with van der Waals surface area (Å²) in [6, 6.07) is 6.54. The Labute approximate surface area is 139 Å². The Morgan fingerprint density at radius 1 is 1.22 bits per heavy atom. The number of hydrogen-bond donors (Lipinski definition) is 2. The number of halogens is 1. The highest BCUT2D eigenvalue weighted by Crippen LogP contribution is 2.21. The molecule has 0 aliphatic carbocycles. The number of aromatic nitrogens is 2. The fraction of sp³-hybridized carbons (Fsp3) is 0.312. The smallest absolute Gasteiger partial charge is 0.273 e. The van der Waals surface area contributed by atoms with Crippen molar-refractivity contribution in [3.05, 3.63) is 46.2 Å². The van der Waals surface area contributed by atoms with Crippen LogP contribution in [0, 0.1) is 0 Å². The minimum absolute atomic E-state index is 0.276. The van der Waals surface area contributed by atoms with Crippen molar-refractivity contribution in [1.82, 2.24) is 15.1 Å². The number of carbonyl (C=O) groups excluding carboxylic acids is 2. The highest BCUT2D eigenvalue weighted by molar-refractivity contribution is 6.34. The summed E-state index contributed by atoms with van der Waals surface area (Å²) < 4.78 is 1.54. The first-order valence-corrected chi connectivity index (χ1v) is 7.76. The number of rotatable bonds is 5. The van der Waals surface area contributed by atoms with E-state index in [-0.39, 0.29) is 11.8 Å². The fourth-order valence-corrected chi connectivity index (χ4v) is 2.34. The number of amides is 2. The number of benzene rings is 1. The van der Waals surface area contributed by atoms with Gasteiger partial charge in [0.1, 0.15) is 5.69 Å². The molecular weight excluding hydrogens is 316 g/mol. The second-order valence-corrected chi connectivity index (χ2v) is 5.41. The van der Waals surface area contributed by atoms with Crippen molar-refractivity contribution in [2.24, 2.45) is 7.05 Å². The van der Waals surface area contributed by atoms with E-state index in [9.17, 15) is 9.59 Å². The molecule has 0 unspecified atom stereocenters. The van der Waals surface area contributed by atoms with E-state index >= 15 is 0 Å². The van der Waals surface area contributed by atoms with Gasteiger partial charge in [-0.3, -0.25) is 14.3 Å². The van der Waals surface area contributed by atoms with E-state index in [1.54, 1.807) is 31.3 Å². The van der Waals surface area contributed by atoms with E-state index in [0.717, 1.165) is 12.1 Å². The summed E-state index contributed by atoms with van der Waals surface area (Å²) in [4.78, 5) is 24.3. The van der Waals surface area contributed by atoms with Crippen LogP contribution in [0.5, 0.6) is 0 Å². The van der Waals surface area contributed by atoms with Crippen LogP contribution in [0.4, 0.5) is 5.69 Å². The summed E-state index contributed by atoms with van der Waals surface area (Å²) in [5, 5.41) is 10.0. The molecule has 23 heavy (non-hydrogen) atoms. The van der Waals surface area contributed by atoms with Crippen LogP contribution in [0.3, 0.4) is 0 Å². The second-order valence-electron chi connectivity index (χ2n) is 5.01. The first kappa shape index (κ1) is 17.0. The molecule has 2 amide bonds. The van der Waals surface area contributed by atoms with Crippen molar-refractivity contribution in [1.29, 1.82) is 0 Å². The lowest BCUT2D eigenvalue weighted by Gasteiger charge is -2.09. The molecule has 2 rings (SSSR count). The molecule has 0 radical (unpaired) electrons. The largest absolute Gasteiger partial charge is 0.352 e. The molecule has 122 valence electrons. The normalized spacial score (nSPS) is 10.4.